The molecule has 12 rings (SSSR count). The fourth-order valence-corrected chi connectivity index (χ4v) is 8.82. The van der Waals surface area contributed by atoms with Crippen LogP contribution in [0.4, 0.5) is 0 Å². The van der Waals surface area contributed by atoms with Crippen molar-refractivity contribution in [1.29, 1.82) is 0 Å². The van der Waals surface area contributed by atoms with Crippen LogP contribution in [0.15, 0.2) is 205 Å². The fourth-order valence-electron chi connectivity index (χ4n) is 8.82. The molecule has 0 amide bonds. The Hall–Kier alpha value is -8.29. The van der Waals surface area contributed by atoms with Gasteiger partial charge in [-0.2, -0.15) is 0 Å². The molecular formula is C55H36N6O. The molecule has 1 atom stereocenters. The summed E-state index contributed by atoms with van der Waals surface area (Å²) < 4.78 is 9.15. The minimum Gasteiger partial charge on any atom is -0.455 e. The van der Waals surface area contributed by atoms with Gasteiger partial charge in [0.15, 0.2) is 17.5 Å². The number of allylic oxidation sites excluding steroid dienone is 4. The molecule has 7 heteroatoms. The highest BCUT2D eigenvalue weighted by Crippen LogP contribution is 2.46. The quantitative estimate of drug-likeness (QED) is 0.160. The lowest BCUT2D eigenvalue weighted by atomic mass is 9.97. The molecule has 4 heterocycles. The lowest BCUT2D eigenvalue weighted by Crippen LogP contribution is -2.09. The largest absolute Gasteiger partial charge is 0.455 e. The lowest BCUT2D eigenvalue weighted by Gasteiger charge is -2.17. The van der Waals surface area contributed by atoms with Crippen LogP contribution in [0.5, 0.6) is 0 Å². The van der Waals surface area contributed by atoms with Crippen LogP contribution >= 0.6 is 0 Å². The highest BCUT2D eigenvalue weighted by atomic mass is 16.3. The number of rotatable bonds is 7. The van der Waals surface area contributed by atoms with E-state index in [0.29, 0.717) is 17.5 Å². The predicted octanol–water partition coefficient (Wildman–Crippen LogP) is 13.6. The maximum absolute atomic E-state index is 6.84. The van der Waals surface area contributed by atoms with Crippen molar-refractivity contribution >= 4 is 43.7 Å². The zero-order valence-corrected chi connectivity index (χ0v) is 33.4. The number of furan rings is 1. The second-order valence-corrected chi connectivity index (χ2v) is 15.6. The van der Waals surface area contributed by atoms with E-state index in [4.69, 9.17) is 29.3 Å². The van der Waals surface area contributed by atoms with Crippen molar-refractivity contribution in [2.24, 2.45) is 0 Å². The summed E-state index contributed by atoms with van der Waals surface area (Å²) in [6, 6.07) is 60.4. The van der Waals surface area contributed by atoms with Crippen LogP contribution in [0.25, 0.3) is 106 Å². The first-order valence-corrected chi connectivity index (χ1v) is 20.9. The van der Waals surface area contributed by atoms with E-state index in [9.17, 15) is 0 Å². The number of hydrogen-bond donors (Lipinski definition) is 0. The average molecular weight is 797 g/mol. The molecule has 0 aliphatic heterocycles. The van der Waals surface area contributed by atoms with Gasteiger partial charge in [-0.15, -0.1) is 0 Å². The Morgan fingerprint density at radius 2 is 1.10 bits per heavy atom. The van der Waals surface area contributed by atoms with Crippen LogP contribution < -0.4 is 0 Å². The molecule has 7 nitrogen and oxygen atoms in total. The molecule has 0 unspecified atom stereocenters. The standard InChI is InChI=1S/C55H36N6O/c1-5-18-35(19-6-1)45-34-48(57-52(56-45)36-20-7-2-8-21-36)61-46-30-15-13-29-42(46)49-50(61)43(33-44-41-28-14-16-31-47(41)62-51(44)49)39-26-17-27-40(32-39)55-59-53(37-22-9-3-10-23-37)58-54(60-55)38-24-11-4-12-25-38/h1-20,22-34,36H,21H2/t36-/m0/s1. The SMILES string of the molecule is C1=CC[C@@H](c2nc(-c3ccccc3)cc(-n3c4ccccc4c4c5oc6ccccc6c5cc(-c5cccc(-c6nc(-c7ccccc7)nc(-c7ccccc7)n6)c5)c43)n2)C=C1. The maximum atomic E-state index is 6.84. The molecular weight excluding hydrogens is 761 g/mol. The van der Waals surface area contributed by atoms with Crippen LogP contribution in [0.3, 0.4) is 0 Å². The Bertz CT molecular complexity index is 3500. The van der Waals surface area contributed by atoms with E-state index >= 15 is 0 Å². The molecule has 0 fully saturated rings. The van der Waals surface area contributed by atoms with Gasteiger partial charge in [0.05, 0.1) is 22.1 Å². The van der Waals surface area contributed by atoms with Crippen molar-refractivity contribution in [1.82, 2.24) is 29.5 Å². The second kappa shape index (κ2) is 14.8. The summed E-state index contributed by atoms with van der Waals surface area (Å²) in [4.78, 5) is 25.8. The number of nitrogens with zero attached hydrogens (tertiary/aromatic N) is 6. The maximum Gasteiger partial charge on any atom is 0.164 e. The molecule has 0 N–H and O–H groups in total. The van der Waals surface area contributed by atoms with Crippen molar-refractivity contribution in [3.63, 3.8) is 0 Å². The van der Waals surface area contributed by atoms with Crippen molar-refractivity contribution in [2.45, 2.75) is 12.3 Å². The molecule has 1 aliphatic rings. The highest BCUT2D eigenvalue weighted by Gasteiger charge is 2.25. The fraction of sp³-hybridized carbons (Fsp3) is 0.0364. The van der Waals surface area contributed by atoms with Gasteiger partial charge in [-0.3, -0.25) is 4.57 Å². The van der Waals surface area contributed by atoms with Gasteiger partial charge in [0.25, 0.3) is 0 Å². The smallest absolute Gasteiger partial charge is 0.164 e. The number of fused-ring (bicyclic) bond motifs is 7. The summed E-state index contributed by atoms with van der Waals surface area (Å²) in [5.41, 5.74) is 10.3. The third kappa shape index (κ3) is 6.09. The van der Waals surface area contributed by atoms with Gasteiger partial charge < -0.3 is 4.42 Å². The predicted molar refractivity (Wildman–Crippen MR) is 250 cm³/mol. The minimum atomic E-state index is 0.0376. The Morgan fingerprint density at radius 3 is 1.81 bits per heavy atom. The molecule has 11 aromatic rings. The molecule has 292 valence electrons. The highest BCUT2D eigenvalue weighted by molar-refractivity contribution is 6.27. The summed E-state index contributed by atoms with van der Waals surface area (Å²) >= 11 is 0. The first kappa shape index (κ1) is 35.6. The first-order chi connectivity index (χ1) is 30.7. The molecule has 0 bridgehead atoms. The summed E-state index contributed by atoms with van der Waals surface area (Å²) in [5.74, 6) is 3.42. The van der Waals surface area contributed by atoms with E-state index in [1.165, 1.54) is 0 Å². The van der Waals surface area contributed by atoms with Gasteiger partial charge in [0, 0.05) is 56.0 Å². The molecule has 0 saturated carbocycles. The summed E-state index contributed by atoms with van der Waals surface area (Å²) in [6.45, 7) is 0. The van der Waals surface area contributed by atoms with Crippen molar-refractivity contribution in [3.8, 4) is 62.4 Å². The van der Waals surface area contributed by atoms with Crippen molar-refractivity contribution in [2.75, 3.05) is 0 Å². The molecule has 1 aliphatic carbocycles. The molecule has 0 spiro atoms. The van der Waals surface area contributed by atoms with E-state index in [1.54, 1.807) is 0 Å². The van der Waals surface area contributed by atoms with E-state index in [1.807, 2.05) is 78.9 Å². The third-order valence-corrected chi connectivity index (χ3v) is 11.8. The van der Waals surface area contributed by atoms with Crippen molar-refractivity contribution in [3.05, 3.63) is 206 Å². The van der Waals surface area contributed by atoms with Gasteiger partial charge in [-0.25, -0.2) is 24.9 Å². The molecule has 7 aromatic carbocycles. The van der Waals surface area contributed by atoms with E-state index in [2.05, 4.69) is 126 Å². The summed E-state index contributed by atoms with van der Waals surface area (Å²) in [7, 11) is 0. The first-order valence-electron chi connectivity index (χ1n) is 20.9. The van der Waals surface area contributed by atoms with E-state index in [-0.39, 0.29) is 5.92 Å². The molecule has 0 saturated heterocycles. The van der Waals surface area contributed by atoms with E-state index in [0.717, 1.165) is 101 Å². The summed E-state index contributed by atoms with van der Waals surface area (Å²) in [6.07, 6.45) is 9.39. The third-order valence-electron chi connectivity index (χ3n) is 11.8. The molecule has 4 aromatic heterocycles. The zero-order chi connectivity index (χ0) is 41.0. The van der Waals surface area contributed by atoms with Crippen LogP contribution in [0, 0.1) is 0 Å². The normalized spacial score (nSPS) is 13.8. The van der Waals surface area contributed by atoms with Crippen LogP contribution in [-0.2, 0) is 0 Å². The number of hydrogen-bond acceptors (Lipinski definition) is 6. The van der Waals surface area contributed by atoms with Crippen molar-refractivity contribution < 1.29 is 4.42 Å². The van der Waals surface area contributed by atoms with Crippen LogP contribution in [0.2, 0.25) is 0 Å². The lowest BCUT2D eigenvalue weighted by molar-refractivity contribution is 0.673. The van der Waals surface area contributed by atoms with Gasteiger partial charge in [0.2, 0.25) is 0 Å². The minimum absolute atomic E-state index is 0.0376. The summed E-state index contributed by atoms with van der Waals surface area (Å²) in [5, 5.41) is 4.20. The Kier molecular flexibility index (Phi) is 8.49. The Labute approximate surface area is 357 Å². The van der Waals surface area contributed by atoms with Gasteiger partial charge in [-0.05, 0) is 36.2 Å². The zero-order valence-electron chi connectivity index (χ0n) is 33.4. The molecule has 0 radical (unpaired) electrons. The van der Waals surface area contributed by atoms with Gasteiger partial charge in [0.1, 0.15) is 22.8 Å². The van der Waals surface area contributed by atoms with E-state index < -0.39 is 0 Å². The molecule has 62 heavy (non-hydrogen) atoms. The number of benzene rings is 7. The monoisotopic (exact) mass is 796 g/mol. The number of aromatic nitrogens is 6. The Morgan fingerprint density at radius 1 is 0.484 bits per heavy atom. The van der Waals surface area contributed by atoms with Gasteiger partial charge in [-0.1, -0.05) is 170 Å². The second-order valence-electron chi connectivity index (χ2n) is 15.6. The number of para-hydroxylation sites is 2. The van der Waals surface area contributed by atoms with Gasteiger partial charge >= 0.3 is 0 Å². The average Bonchev–Trinajstić information content (AvgIpc) is 3.91. The van der Waals surface area contributed by atoms with Crippen LogP contribution in [0.1, 0.15) is 18.2 Å². The topological polar surface area (TPSA) is 82.5 Å². The van der Waals surface area contributed by atoms with Crippen LogP contribution in [-0.4, -0.2) is 29.5 Å². The Balaban J connectivity index is 1.15.